The number of carbonyl (C=O) groups excluding carboxylic acids is 1. The third-order valence-corrected chi connectivity index (χ3v) is 1.57. The summed E-state index contributed by atoms with van der Waals surface area (Å²) in [6.07, 6.45) is -0.361. The molecule has 2 atom stereocenters. The van der Waals surface area contributed by atoms with E-state index in [4.69, 9.17) is 10.2 Å². The maximum atomic E-state index is 11.0. The van der Waals surface area contributed by atoms with Gasteiger partial charge in [0.2, 0.25) is 0 Å². The van der Waals surface area contributed by atoms with E-state index < -0.39 is 24.1 Å². The molecule has 0 fully saturated rings. The second kappa shape index (κ2) is 6.20. The standard InChI is InChI=1S/C8H16N2O4/c1-3-4-9-8(14)10-6(5(2)11)7(12)13/h5-6,11H,3-4H2,1-2H3,(H,12,13)(H2,9,10,14)/t5-,6+/m1/s1. The first kappa shape index (κ1) is 12.7. The minimum Gasteiger partial charge on any atom is -0.480 e. The van der Waals surface area contributed by atoms with Crippen molar-refractivity contribution in [3.05, 3.63) is 0 Å². The fourth-order valence-corrected chi connectivity index (χ4v) is 0.819. The largest absolute Gasteiger partial charge is 0.480 e. The molecule has 0 heterocycles. The quantitative estimate of drug-likeness (QED) is 0.486. The molecule has 0 unspecified atom stereocenters. The van der Waals surface area contributed by atoms with Gasteiger partial charge in [0.05, 0.1) is 6.10 Å². The van der Waals surface area contributed by atoms with Gasteiger partial charge in [-0.25, -0.2) is 9.59 Å². The van der Waals surface area contributed by atoms with Gasteiger partial charge < -0.3 is 20.8 Å². The van der Waals surface area contributed by atoms with Gasteiger partial charge in [-0.3, -0.25) is 0 Å². The van der Waals surface area contributed by atoms with Crippen molar-refractivity contribution in [2.75, 3.05) is 6.54 Å². The number of urea groups is 1. The second-order valence-electron chi connectivity index (χ2n) is 2.96. The first-order chi connectivity index (χ1) is 6.49. The molecule has 0 aromatic carbocycles. The van der Waals surface area contributed by atoms with Crippen molar-refractivity contribution >= 4 is 12.0 Å². The zero-order chi connectivity index (χ0) is 11.1. The highest BCUT2D eigenvalue weighted by Gasteiger charge is 2.24. The number of aliphatic hydroxyl groups excluding tert-OH is 1. The molecular weight excluding hydrogens is 188 g/mol. The molecule has 0 bridgehead atoms. The number of aliphatic hydroxyl groups is 1. The Morgan fingerprint density at radius 3 is 2.36 bits per heavy atom. The van der Waals surface area contributed by atoms with E-state index in [0.29, 0.717) is 6.54 Å². The fourth-order valence-electron chi connectivity index (χ4n) is 0.819. The van der Waals surface area contributed by atoms with E-state index in [-0.39, 0.29) is 0 Å². The van der Waals surface area contributed by atoms with Gasteiger partial charge in [-0.1, -0.05) is 6.92 Å². The second-order valence-corrected chi connectivity index (χ2v) is 2.96. The van der Waals surface area contributed by atoms with Gasteiger partial charge in [0, 0.05) is 6.54 Å². The summed E-state index contributed by atoms with van der Waals surface area (Å²) in [7, 11) is 0. The van der Waals surface area contributed by atoms with Crippen LogP contribution in [-0.4, -0.2) is 40.9 Å². The predicted molar refractivity (Wildman–Crippen MR) is 49.9 cm³/mol. The van der Waals surface area contributed by atoms with Gasteiger partial charge in [-0.15, -0.1) is 0 Å². The molecule has 0 rings (SSSR count). The summed E-state index contributed by atoms with van der Waals surface area (Å²) in [4.78, 5) is 21.6. The smallest absolute Gasteiger partial charge is 0.328 e. The molecule has 6 heteroatoms. The fraction of sp³-hybridized carbons (Fsp3) is 0.750. The van der Waals surface area contributed by atoms with Crippen molar-refractivity contribution in [2.45, 2.75) is 32.4 Å². The summed E-state index contributed by atoms with van der Waals surface area (Å²) in [6.45, 7) is 3.65. The lowest BCUT2D eigenvalue weighted by Crippen LogP contribution is -2.51. The lowest BCUT2D eigenvalue weighted by molar-refractivity contribution is -0.141. The highest BCUT2D eigenvalue weighted by Crippen LogP contribution is 1.92. The minimum atomic E-state index is -1.27. The number of aliphatic carboxylic acids is 1. The highest BCUT2D eigenvalue weighted by molar-refractivity contribution is 5.82. The van der Waals surface area contributed by atoms with E-state index in [0.717, 1.165) is 6.42 Å². The number of amides is 2. The number of hydrogen-bond donors (Lipinski definition) is 4. The van der Waals surface area contributed by atoms with Crippen LogP contribution in [0.4, 0.5) is 4.79 Å². The Labute approximate surface area is 82.3 Å². The van der Waals surface area contributed by atoms with Crippen LogP contribution in [0.25, 0.3) is 0 Å². The summed E-state index contributed by atoms with van der Waals surface area (Å²) in [6, 6.07) is -1.85. The number of rotatable bonds is 5. The van der Waals surface area contributed by atoms with Crippen LogP contribution in [-0.2, 0) is 4.79 Å². The van der Waals surface area contributed by atoms with Crippen LogP contribution in [0.1, 0.15) is 20.3 Å². The van der Waals surface area contributed by atoms with Crippen molar-refractivity contribution in [3.8, 4) is 0 Å². The maximum Gasteiger partial charge on any atom is 0.328 e. The molecule has 0 aliphatic heterocycles. The Morgan fingerprint density at radius 1 is 1.43 bits per heavy atom. The summed E-state index contributed by atoms with van der Waals surface area (Å²) in [5.74, 6) is -1.26. The first-order valence-electron chi connectivity index (χ1n) is 4.44. The average molecular weight is 204 g/mol. The number of carboxylic acids is 1. The van der Waals surface area contributed by atoms with E-state index >= 15 is 0 Å². The SMILES string of the molecule is CCCNC(=O)N[C@H](C(=O)O)[C@@H](C)O. The zero-order valence-electron chi connectivity index (χ0n) is 8.28. The number of carboxylic acid groups (broad SMARTS) is 1. The molecule has 82 valence electrons. The van der Waals surface area contributed by atoms with Gasteiger partial charge in [-0.05, 0) is 13.3 Å². The Balaban J connectivity index is 4.04. The van der Waals surface area contributed by atoms with E-state index in [2.05, 4.69) is 10.6 Å². The third kappa shape index (κ3) is 4.66. The lowest BCUT2D eigenvalue weighted by atomic mass is 10.2. The van der Waals surface area contributed by atoms with E-state index in [1.165, 1.54) is 6.92 Å². The first-order valence-corrected chi connectivity index (χ1v) is 4.44. The van der Waals surface area contributed by atoms with Crippen molar-refractivity contribution in [2.24, 2.45) is 0 Å². The molecule has 0 spiro atoms. The molecule has 0 saturated carbocycles. The molecule has 0 aliphatic carbocycles. The predicted octanol–water partition coefficient (Wildman–Crippen LogP) is -0.470. The molecule has 0 saturated heterocycles. The van der Waals surface area contributed by atoms with Crippen molar-refractivity contribution in [1.82, 2.24) is 10.6 Å². The molecule has 14 heavy (non-hydrogen) atoms. The van der Waals surface area contributed by atoms with Gasteiger partial charge >= 0.3 is 12.0 Å². The molecule has 2 amide bonds. The van der Waals surface area contributed by atoms with Crippen LogP contribution in [0, 0.1) is 0 Å². The van der Waals surface area contributed by atoms with Crippen LogP contribution < -0.4 is 10.6 Å². The third-order valence-electron chi connectivity index (χ3n) is 1.57. The van der Waals surface area contributed by atoms with Crippen LogP contribution >= 0.6 is 0 Å². The normalized spacial score (nSPS) is 14.2. The Bertz CT molecular complexity index is 206. The highest BCUT2D eigenvalue weighted by atomic mass is 16.4. The van der Waals surface area contributed by atoms with Crippen LogP contribution in [0.15, 0.2) is 0 Å². The minimum absolute atomic E-state index is 0.470. The van der Waals surface area contributed by atoms with Crippen molar-refractivity contribution in [1.29, 1.82) is 0 Å². The Hall–Kier alpha value is -1.30. The summed E-state index contributed by atoms with van der Waals surface area (Å²) < 4.78 is 0. The van der Waals surface area contributed by atoms with Gasteiger partial charge in [0.25, 0.3) is 0 Å². The van der Waals surface area contributed by atoms with E-state index in [1.54, 1.807) is 0 Å². The summed E-state index contributed by atoms with van der Waals surface area (Å²) >= 11 is 0. The Morgan fingerprint density at radius 2 is 2.00 bits per heavy atom. The van der Waals surface area contributed by atoms with Crippen molar-refractivity contribution in [3.63, 3.8) is 0 Å². The van der Waals surface area contributed by atoms with Gasteiger partial charge in [-0.2, -0.15) is 0 Å². The Kier molecular flexibility index (Phi) is 5.62. The van der Waals surface area contributed by atoms with Gasteiger partial charge in [0.15, 0.2) is 6.04 Å². The molecule has 0 aromatic heterocycles. The summed E-state index contributed by atoms with van der Waals surface area (Å²) in [5.41, 5.74) is 0. The molecule has 0 aliphatic rings. The molecule has 6 nitrogen and oxygen atoms in total. The lowest BCUT2D eigenvalue weighted by Gasteiger charge is -2.17. The van der Waals surface area contributed by atoms with E-state index in [1.807, 2.05) is 6.92 Å². The van der Waals surface area contributed by atoms with Gasteiger partial charge in [0.1, 0.15) is 0 Å². The molecular formula is C8H16N2O4. The number of carbonyl (C=O) groups is 2. The topological polar surface area (TPSA) is 98.7 Å². The number of hydrogen-bond acceptors (Lipinski definition) is 3. The van der Waals surface area contributed by atoms with Crippen LogP contribution in [0.2, 0.25) is 0 Å². The summed E-state index contributed by atoms with van der Waals surface area (Å²) in [5, 5.41) is 22.2. The number of nitrogens with one attached hydrogen (secondary N) is 2. The van der Waals surface area contributed by atoms with Crippen LogP contribution in [0.5, 0.6) is 0 Å². The van der Waals surface area contributed by atoms with E-state index in [9.17, 15) is 9.59 Å². The molecule has 0 radical (unpaired) electrons. The zero-order valence-corrected chi connectivity index (χ0v) is 8.28. The monoisotopic (exact) mass is 204 g/mol. The maximum absolute atomic E-state index is 11.0. The average Bonchev–Trinajstić information content (AvgIpc) is 2.09. The van der Waals surface area contributed by atoms with Crippen molar-refractivity contribution < 1.29 is 19.8 Å². The van der Waals surface area contributed by atoms with Crippen LogP contribution in [0.3, 0.4) is 0 Å². The molecule has 0 aromatic rings. The molecule has 4 N–H and O–H groups in total.